The number of hydrogen-bond donors (Lipinski definition) is 1. The lowest BCUT2D eigenvalue weighted by Crippen LogP contribution is -2.58. The van der Waals surface area contributed by atoms with Gasteiger partial charge in [-0.3, -0.25) is 14.4 Å². The Bertz CT molecular complexity index is 1180. The molecule has 1 unspecified atom stereocenters. The summed E-state index contributed by atoms with van der Waals surface area (Å²) >= 11 is 1.52. The molecule has 1 aromatic carbocycles. The second-order valence-corrected chi connectivity index (χ2v) is 12.9. The van der Waals surface area contributed by atoms with Crippen LogP contribution in [0.25, 0.3) is 0 Å². The van der Waals surface area contributed by atoms with Crippen LogP contribution in [0.1, 0.15) is 40.0 Å². The Kier molecular flexibility index (Phi) is 7.59. The number of amides is 2. The minimum absolute atomic E-state index is 0.0481. The largest absolute Gasteiger partial charge is 0.497 e. The van der Waals surface area contributed by atoms with E-state index in [1.165, 1.54) is 11.8 Å². The maximum atomic E-state index is 14.6. The number of thioether (sulfide) groups is 1. The monoisotopic (exact) mass is 554 g/mol. The lowest BCUT2D eigenvalue weighted by Gasteiger charge is -2.41. The molecule has 4 heterocycles. The molecule has 4 aliphatic rings. The van der Waals surface area contributed by atoms with E-state index < -0.39 is 39.4 Å². The molecular formula is C30H38N2O6S. The van der Waals surface area contributed by atoms with Crippen molar-refractivity contribution in [2.75, 3.05) is 31.8 Å². The van der Waals surface area contributed by atoms with Crippen LogP contribution in [0.15, 0.2) is 48.6 Å². The number of methoxy groups -OCH3 is 1. The molecule has 210 valence electrons. The fraction of sp³-hybridized carbons (Fsp3) is 0.567. The Balaban J connectivity index is 1.67. The number of likely N-dealkylation sites (tertiary alicyclic amines) is 1. The Labute approximate surface area is 234 Å². The summed E-state index contributed by atoms with van der Waals surface area (Å²) in [6, 6.07) is 5.83. The van der Waals surface area contributed by atoms with E-state index in [-0.39, 0.29) is 24.3 Å². The number of aliphatic hydroxyl groups excluding tert-OH is 1. The van der Waals surface area contributed by atoms with Gasteiger partial charge in [0.25, 0.3) is 5.91 Å². The number of aliphatic hydroxyl groups is 1. The van der Waals surface area contributed by atoms with Gasteiger partial charge in [-0.05, 0) is 49.9 Å². The number of anilines is 1. The van der Waals surface area contributed by atoms with Crippen LogP contribution in [-0.2, 0) is 19.1 Å². The van der Waals surface area contributed by atoms with Gasteiger partial charge >= 0.3 is 5.97 Å². The normalized spacial score (nSPS) is 34.6. The molecule has 0 aromatic heterocycles. The maximum Gasteiger partial charge on any atom is 0.311 e. The van der Waals surface area contributed by atoms with Crippen molar-refractivity contribution in [2.24, 2.45) is 17.8 Å². The summed E-state index contributed by atoms with van der Waals surface area (Å²) < 4.78 is 9.28. The third-order valence-corrected chi connectivity index (χ3v) is 10.7. The summed E-state index contributed by atoms with van der Waals surface area (Å²) in [5.41, 5.74) is 0.693. The van der Waals surface area contributed by atoms with Crippen LogP contribution in [-0.4, -0.2) is 76.2 Å². The quantitative estimate of drug-likeness (QED) is 0.424. The number of hydrogen-bond acceptors (Lipinski definition) is 7. The lowest BCUT2D eigenvalue weighted by molar-refractivity contribution is -0.154. The van der Waals surface area contributed by atoms with Crippen molar-refractivity contribution in [3.8, 4) is 5.75 Å². The zero-order valence-corrected chi connectivity index (χ0v) is 23.9. The average molecular weight is 555 g/mol. The number of fused-ring (bicyclic) bond motifs is 2. The summed E-state index contributed by atoms with van der Waals surface area (Å²) in [4.78, 5) is 46.0. The highest BCUT2D eigenvalue weighted by Crippen LogP contribution is 2.65. The lowest BCUT2D eigenvalue weighted by atomic mass is 9.74. The molecule has 1 aromatic rings. The molecule has 4 aliphatic heterocycles. The number of carbonyl (C=O) groups excluding carboxylic acids is 3. The second kappa shape index (κ2) is 10.7. The highest BCUT2D eigenvalue weighted by atomic mass is 32.2. The molecule has 0 bridgehead atoms. The molecule has 5 rings (SSSR count). The van der Waals surface area contributed by atoms with Gasteiger partial charge in [0.2, 0.25) is 5.91 Å². The van der Waals surface area contributed by atoms with Gasteiger partial charge < -0.3 is 24.4 Å². The zero-order chi connectivity index (χ0) is 27.9. The highest BCUT2D eigenvalue weighted by Gasteiger charge is 2.74. The highest BCUT2D eigenvalue weighted by molar-refractivity contribution is 8.02. The van der Waals surface area contributed by atoms with E-state index in [1.54, 1.807) is 29.0 Å². The first kappa shape index (κ1) is 27.8. The standard InChI is InChI=1S/C30H38N2O6S/c1-5-19(2)22(18-33)32-25-27(35)31(20-10-12-21(37-4)13-11-20)16-9-15-30(25)23(26(32)34)24-28(36)38-17-8-6-7-14-29(24,3)39-30/h7,9-15,19,22-25,33H,5-6,8,16-18H2,1-4H3/b14-7-/t19-,22-,23-,24+,25?,29-,30-/m0/s1. The Morgan fingerprint density at radius 3 is 2.54 bits per heavy atom. The number of rotatable bonds is 6. The molecule has 9 heteroatoms. The van der Waals surface area contributed by atoms with Crippen LogP contribution in [0.2, 0.25) is 0 Å². The Hall–Kier alpha value is -2.78. The van der Waals surface area contributed by atoms with Gasteiger partial charge in [-0.15, -0.1) is 11.8 Å². The van der Waals surface area contributed by atoms with Crippen LogP contribution in [0.5, 0.6) is 5.75 Å². The van der Waals surface area contributed by atoms with Crippen LogP contribution in [0, 0.1) is 17.8 Å². The third kappa shape index (κ3) is 4.38. The average Bonchev–Trinajstić information content (AvgIpc) is 3.28. The minimum Gasteiger partial charge on any atom is -0.497 e. The molecule has 1 N–H and O–H groups in total. The summed E-state index contributed by atoms with van der Waals surface area (Å²) in [5, 5.41) is 10.5. The smallest absolute Gasteiger partial charge is 0.311 e. The number of allylic oxidation sites excluding steroid dienone is 1. The van der Waals surface area contributed by atoms with Crippen molar-refractivity contribution < 1.29 is 29.0 Å². The van der Waals surface area contributed by atoms with Crippen molar-refractivity contribution in [3.05, 3.63) is 48.6 Å². The van der Waals surface area contributed by atoms with E-state index in [9.17, 15) is 19.5 Å². The summed E-state index contributed by atoms with van der Waals surface area (Å²) in [7, 11) is 1.59. The topological polar surface area (TPSA) is 96.4 Å². The number of cyclic esters (lactones) is 1. The Morgan fingerprint density at radius 1 is 1.13 bits per heavy atom. The molecular weight excluding hydrogens is 516 g/mol. The summed E-state index contributed by atoms with van der Waals surface area (Å²) in [5.74, 6) is -1.79. The predicted molar refractivity (Wildman–Crippen MR) is 150 cm³/mol. The first-order chi connectivity index (χ1) is 18.7. The van der Waals surface area contributed by atoms with Crippen molar-refractivity contribution >= 4 is 35.2 Å². The van der Waals surface area contributed by atoms with Gasteiger partial charge in [0.15, 0.2) is 0 Å². The summed E-state index contributed by atoms with van der Waals surface area (Å²) in [6.07, 6.45) is 10.3. The number of carbonyl (C=O) groups is 3. The van der Waals surface area contributed by atoms with Gasteiger partial charge in [-0.2, -0.15) is 0 Å². The predicted octanol–water partition coefficient (Wildman–Crippen LogP) is 3.59. The van der Waals surface area contributed by atoms with E-state index in [4.69, 9.17) is 9.47 Å². The number of benzene rings is 1. The number of nitrogens with zero attached hydrogens (tertiary/aromatic N) is 2. The Morgan fingerprint density at radius 2 is 1.87 bits per heavy atom. The molecule has 0 aliphatic carbocycles. The van der Waals surface area contributed by atoms with E-state index in [2.05, 4.69) is 6.08 Å². The minimum atomic E-state index is -0.988. The molecule has 1 spiro atoms. The van der Waals surface area contributed by atoms with E-state index in [1.807, 2.05) is 51.1 Å². The number of ether oxygens (including phenoxy) is 2. The third-order valence-electron chi connectivity index (χ3n) is 8.92. The fourth-order valence-electron chi connectivity index (χ4n) is 6.74. The molecule has 2 amide bonds. The van der Waals surface area contributed by atoms with E-state index in [0.29, 0.717) is 24.6 Å². The first-order valence-corrected chi connectivity index (χ1v) is 14.6. The SMILES string of the molecule is CC[C@H](C)[C@H](CO)N1C(=O)[C@@H]2[C@@H]3C(=O)OCCC/C=C\[C@]3(C)S[C@@]23C=CCN(c2ccc(OC)cc2)C(=O)C13. The summed E-state index contributed by atoms with van der Waals surface area (Å²) in [6.45, 7) is 6.34. The molecule has 2 fully saturated rings. The van der Waals surface area contributed by atoms with Gasteiger partial charge in [0.05, 0.1) is 42.9 Å². The van der Waals surface area contributed by atoms with Crippen LogP contribution in [0.4, 0.5) is 5.69 Å². The van der Waals surface area contributed by atoms with Crippen LogP contribution in [0.3, 0.4) is 0 Å². The maximum absolute atomic E-state index is 14.6. The molecule has 2 saturated heterocycles. The zero-order valence-electron chi connectivity index (χ0n) is 23.0. The van der Waals surface area contributed by atoms with Crippen molar-refractivity contribution in [2.45, 2.75) is 61.6 Å². The molecule has 0 radical (unpaired) electrons. The van der Waals surface area contributed by atoms with Crippen molar-refractivity contribution in [1.29, 1.82) is 0 Å². The molecule has 39 heavy (non-hydrogen) atoms. The second-order valence-electron chi connectivity index (χ2n) is 11.1. The van der Waals surface area contributed by atoms with E-state index >= 15 is 0 Å². The molecule has 7 atom stereocenters. The van der Waals surface area contributed by atoms with Crippen LogP contribution < -0.4 is 9.64 Å². The fourth-order valence-corrected chi connectivity index (χ4v) is 8.88. The van der Waals surface area contributed by atoms with E-state index in [0.717, 1.165) is 19.3 Å². The molecule has 8 nitrogen and oxygen atoms in total. The van der Waals surface area contributed by atoms with Crippen molar-refractivity contribution in [1.82, 2.24) is 4.90 Å². The molecule has 0 saturated carbocycles. The van der Waals surface area contributed by atoms with Crippen molar-refractivity contribution in [3.63, 3.8) is 0 Å². The first-order valence-electron chi connectivity index (χ1n) is 13.8. The van der Waals surface area contributed by atoms with Gasteiger partial charge in [-0.25, -0.2) is 0 Å². The van der Waals surface area contributed by atoms with Gasteiger partial charge in [0.1, 0.15) is 11.8 Å². The van der Waals surface area contributed by atoms with Crippen LogP contribution >= 0.6 is 11.8 Å². The van der Waals surface area contributed by atoms with Gasteiger partial charge in [0, 0.05) is 17.0 Å². The number of esters is 1. The van der Waals surface area contributed by atoms with Gasteiger partial charge in [-0.1, -0.05) is 44.6 Å².